The lowest BCUT2D eigenvalue weighted by atomic mass is 10.3. The van der Waals surface area contributed by atoms with Crippen LogP contribution < -0.4 is 4.90 Å². The summed E-state index contributed by atoms with van der Waals surface area (Å²) in [6, 6.07) is 7.01. The van der Waals surface area contributed by atoms with Crippen molar-refractivity contribution in [2.24, 2.45) is 0 Å². The van der Waals surface area contributed by atoms with Crippen LogP contribution in [0, 0.1) is 0 Å². The molecule has 0 amide bonds. The molecule has 2 N–H and O–H groups in total. The molecule has 0 fully saturated rings. The van der Waals surface area contributed by atoms with Crippen molar-refractivity contribution in [3.05, 3.63) is 24.3 Å². The third-order valence-electron chi connectivity index (χ3n) is 3.81. The van der Waals surface area contributed by atoms with E-state index in [9.17, 15) is 8.42 Å². The summed E-state index contributed by atoms with van der Waals surface area (Å²) in [6.45, 7) is 6.60. The predicted octanol–water partition coefficient (Wildman–Crippen LogP) is 0.593. The second-order valence-electron chi connectivity index (χ2n) is 5.28. The predicted molar refractivity (Wildman–Crippen MR) is 92.7 cm³/mol. The van der Waals surface area contributed by atoms with Crippen molar-refractivity contribution in [2.45, 2.75) is 18.7 Å². The Morgan fingerprint density at radius 3 is 2.13 bits per heavy atom. The first-order valence-electron chi connectivity index (χ1n) is 8.00. The first kappa shape index (κ1) is 19.9. The average molecular weight is 344 g/mol. The number of anilines is 1. The Balaban J connectivity index is 2.85. The second kappa shape index (κ2) is 9.87. The molecule has 0 unspecified atom stereocenters. The van der Waals surface area contributed by atoms with E-state index < -0.39 is 9.84 Å². The number of nitrogens with zero attached hydrogens (tertiary/aromatic N) is 2. The molecule has 1 rings (SSSR count). The largest absolute Gasteiger partial charge is 0.395 e. The molecule has 0 spiro atoms. The maximum absolute atomic E-state index is 12.5. The summed E-state index contributed by atoms with van der Waals surface area (Å²) in [5, 5.41) is 18.0. The third-order valence-corrected chi connectivity index (χ3v) is 5.51. The average Bonchev–Trinajstić information content (AvgIpc) is 2.55. The van der Waals surface area contributed by atoms with Crippen LogP contribution in [-0.4, -0.2) is 75.2 Å². The van der Waals surface area contributed by atoms with Crippen LogP contribution in [0.2, 0.25) is 0 Å². The lowest BCUT2D eigenvalue weighted by molar-refractivity contribution is 0.167. The van der Waals surface area contributed by atoms with Crippen LogP contribution in [0.1, 0.15) is 13.8 Å². The van der Waals surface area contributed by atoms with Gasteiger partial charge in [-0.05, 0) is 32.0 Å². The minimum Gasteiger partial charge on any atom is -0.395 e. The molecule has 7 heteroatoms. The molecule has 0 saturated heterocycles. The molecule has 1 aromatic rings. The molecule has 0 radical (unpaired) electrons. The Hall–Kier alpha value is -1.15. The van der Waals surface area contributed by atoms with E-state index in [1.807, 2.05) is 19.9 Å². The molecule has 0 saturated carbocycles. The third kappa shape index (κ3) is 6.10. The van der Waals surface area contributed by atoms with Gasteiger partial charge in [-0.25, -0.2) is 8.42 Å². The highest BCUT2D eigenvalue weighted by Gasteiger charge is 2.17. The molecule has 0 aliphatic carbocycles. The van der Waals surface area contributed by atoms with Crippen molar-refractivity contribution in [1.82, 2.24) is 4.90 Å². The summed E-state index contributed by atoms with van der Waals surface area (Å²) in [5.74, 6) is -0.0330. The molecular formula is C16H28N2O4S. The quantitative estimate of drug-likeness (QED) is 0.612. The maximum atomic E-state index is 12.5. The zero-order valence-corrected chi connectivity index (χ0v) is 14.8. The van der Waals surface area contributed by atoms with Gasteiger partial charge in [-0.1, -0.05) is 6.07 Å². The van der Waals surface area contributed by atoms with Crippen LogP contribution in [0.4, 0.5) is 5.69 Å². The number of hydrogen-bond acceptors (Lipinski definition) is 6. The first-order valence-corrected chi connectivity index (χ1v) is 9.65. The molecule has 0 heterocycles. The number of aliphatic hydroxyl groups excluding tert-OH is 2. The molecule has 0 aromatic heterocycles. The fourth-order valence-corrected chi connectivity index (χ4v) is 3.77. The molecular weight excluding hydrogens is 316 g/mol. The molecule has 1 aromatic carbocycles. The molecule has 0 aliphatic rings. The van der Waals surface area contributed by atoms with Gasteiger partial charge >= 0.3 is 0 Å². The number of rotatable bonds is 11. The van der Waals surface area contributed by atoms with Crippen molar-refractivity contribution in [2.75, 3.05) is 56.6 Å². The van der Waals surface area contributed by atoms with E-state index in [2.05, 4.69) is 4.90 Å². The van der Waals surface area contributed by atoms with Gasteiger partial charge in [0, 0.05) is 38.4 Å². The van der Waals surface area contributed by atoms with Crippen LogP contribution in [0.3, 0.4) is 0 Å². The highest BCUT2D eigenvalue weighted by molar-refractivity contribution is 7.91. The normalized spacial score (nSPS) is 11.9. The molecule has 0 aliphatic heterocycles. The fraction of sp³-hybridized carbons (Fsp3) is 0.625. The summed E-state index contributed by atoms with van der Waals surface area (Å²) in [6.07, 6.45) is 0. The zero-order chi connectivity index (χ0) is 17.3. The minimum atomic E-state index is -3.40. The Morgan fingerprint density at radius 2 is 1.61 bits per heavy atom. The van der Waals surface area contributed by atoms with Crippen molar-refractivity contribution in [3.8, 4) is 0 Å². The fourth-order valence-electron chi connectivity index (χ4n) is 2.45. The summed E-state index contributed by atoms with van der Waals surface area (Å²) in [5.41, 5.74) is 0.902. The van der Waals surface area contributed by atoms with Gasteiger partial charge in [-0.3, -0.25) is 4.90 Å². The monoisotopic (exact) mass is 344 g/mol. The standard InChI is InChI=1S/C16H28N2O4S/c1-3-18(4-2)15-6-5-7-16(14-15)23(21,22)13-10-17(8-11-19)9-12-20/h5-7,14,19-20H,3-4,8-13H2,1-2H3. The van der Waals surface area contributed by atoms with E-state index in [1.165, 1.54) is 0 Å². The lowest BCUT2D eigenvalue weighted by Gasteiger charge is -2.22. The number of aliphatic hydroxyl groups is 2. The number of benzene rings is 1. The van der Waals surface area contributed by atoms with Gasteiger partial charge < -0.3 is 15.1 Å². The van der Waals surface area contributed by atoms with Crippen molar-refractivity contribution >= 4 is 15.5 Å². The van der Waals surface area contributed by atoms with Crippen molar-refractivity contribution in [1.29, 1.82) is 0 Å². The van der Waals surface area contributed by atoms with E-state index in [-0.39, 0.29) is 19.0 Å². The maximum Gasteiger partial charge on any atom is 0.179 e. The highest BCUT2D eigenvalue weighted by atomic mass is 32.2. The van der Waals surface area contributed by atoms with Crippen molar-refractivity contribution < 1.29 is 18.6 Å². The van der Waals surface area contributed by atoms with Gasteiger partial charge in [0.15, 0.2) is 9.84 Å². The van der Waals surface area contributed by atoms with Gasteiger partial charge in [0.1, 0.15) is 0 Å². The van der Waals surface area contributed by atoms with Gasteiger partial charge in [0.2, 0.25) is 0 Å². The molecule has 6 nitrogen and oxygen atoms in total. The summed E-state index contributed by atoms with van der Waals surface area (Å²) in [7, 11) is -3.40. The van der Waals surface area contributed by atoms with Crippen LogP contribution in [-0.2, 0) is 9.84 Å². The molecule has 0 bridgehead atoms. The van der Waals surface area contributed by atoms with E-state index in [0.717, 1.165) is 18.8 Å². The van der Waals surface area contributed by atoms with Gasteiger partial charge in [-0.15, -0.1) is 0 Å². The molecule has 0 atom stereocenters. The number of hydrogen-bond donors (Lipinski definition) is 2. The molecule has 23 heavy (non-hydrogen) atoms. The summed E-state index contributed by atoms with van der Waals surface area (Å²) >= 11 is 0. The number of sulfone groups is 1. The SMILES string of the molecule is CCN(CC)c1cccc(S(=O)(=O)CCN(CCO)CCO)c1. The van der Waals surface area contributed by atoms with Gasteiger partial charge in [0.25, 0.3) is 0 Å². The Labute approximate surface area is 139 Å². The Bertz CT molecular complexity index is 553. The Kier molecular flexibility index (Phi) is 8.54. The van der Waals surface area contributed by atoms with Crippen molar-refractivity contribution in [3.63, 3.8) is 0 Å². The highest BCUT2D eigenvalue weighted by Crippen LogP contribution is 2.20. The van der Waals surface area contributed by atoms with Crippen LogP contribution in [0.5, 0.6) is 0 Å². The van der Waals surface area contributed by atoms with Gasteiger partial charge in [-0.2, -0.15) is 0 Å². The van der Waals surface area contributed by atoms with Crippen LogP contribution in [0.25, 0.3) is 0 Å². The minimum absolute atomic E-state index is 0.0330. The van der Waals surface area contributed by atoms with E-state index in [4.69, 9.17) is 10.2 Å². The van der Waals surface area contributed by atoms with Crippen LogP contribution >= 0.6 is 0 Å². The first-order chi connectivity index (χ1) is 11.0. The van der Waals surface area contributed by atoms with E-state index in [0.29, 0.717) is 24.5 Å². The van der Waals surface area contributed by atoms with Crippen LogP contribution in [0.15, 0.2) is 29.2 Å². The molecule has 132 valence electrons. The second-order valence-corrected chi connectivity index (χ2v) is 7.39. The lowest BCUT2D eigenvalue weighted by Crippen LogP contribution is -2.34. The van der Waals surface area contributed by atoms with Gasteiger partial charge in [0.05, 0.1) is 23.9 Å². The van der Waals surface area contributed by atoms with E-state index in [1.54, 1.807) is 23.1 Å². The summed E-state index contributed by atoms with van der Waals surface area (Å²) in [4.78, 5) is 4.16. The topological polar surface area (TPSA) is 81.1 Å². The smallest absolute Gasteiger partial charge is 0.179 e. The zero-order valence-electron chi connectivity index (χ0n) is 14.0. The van der Waals surface area contributed by atoms with E-state index >= 15 is 0 Å². The summed E-state index contributed by atoms with van der Waals surface area (Å²) < 4.78 is 25.1. The Morgan fingerprint density at radius 1 is 1.00 bits per heavy atom.